The van der Waals surface area contributed by atoms with Gasteiger partial charge in [-0.1, -0.05) is 0 Å². The summed E-state index contributed by atoms with van der Waals surface area (Å²) in [5.41, 5.74) is 0.822. The Labute approximate surface area is 111 Å². The summed E-state index contributed by atoms with van der Waals surface area (Å²) in [7, 11) is 3.40. The van der Waals surface area contributed by atoms with Crippen LogP contribution in [0.3, 0.4) is 0 Å². The second-order valence-electron chi connectivity index (χ2n) is 4.56. The van der Waals surface area contributed by atoms with E-state index in [1.165, 1.54) is 9.80 Å². The van der Waals surface area contributed by atoms with Crippen molar-refractivity contribution in [3.05, 3.63) is 17.6 Å². The maximum Gasteiger partial charge on any atom is 0.243 e. The Balaban J connectivity index is 2.14. The Bertz CT molecular complexity index is 517. The predicted octanol–water partition coefficient (Wildman–Crippen LogP) is -0.373. The van der Waals surface area contributed by atoms with Crippen molar-refractivity contribution >= 4 is 17.6 Å². The third kappa shape index (κ3) is 2.98. The van der Waals surface area contributed by atoms with Gasteiger partial charge in [0, 0.05) is 25.9 Å². The van der Waals surface area contributed by atoms with Crippen LogP contribution in [0.1, 0.15) is 11.5 Å². The number of nitrogens with one attached hydrogen (secondary N) is 1. The minimum absolute atomic E-state index is 0.0684. The van der Waals surface area contributed by atoms with Crippen molar-refractivity contribution in [2.45, 2.75) is 13.5 Å². The number of anilines is 1. The van der Waals surface area contributed by atoms with E-state index >= 15 is 0 Å². The van der Waals surface area contributed by atoms with Gasteiger partial charge in [0.25, 0.3) is 0 Å². The largest absolute Gasteiger partial charge is 0.373 e. The molecule has 0 radical (unpaired) electrons. The van der Waals surface area contributed by atoms with Crippen LogP contribution < -0.4 is 5.32 Å². The van der Waals surface area contributed by atoms with E-state index in [-0.39, 0.29) is 31.4 Å². The summed E-state index contributed by atoms with van der Waals surface area (Å²) in [4.78, 5) is 34.9. The van der Waals surface area contributed by atoms with Gasteiger partial charge in [0.15, 0.2) is 0 Å². The molecular formula is C12H17N5O2. The van der Waals surface area contributed by atoms with Crippen molar-refractivity contribution in [1.29, 1.82) is 0 Å². The third-order valence-corrected chi connectivity index (χ3v) is 2.97. The molecule has 1 fully saturated rings. The molecule has 1 saturated heterocycles. The van der Waals surface area contributed by atoms with Gasteiger partial charge < -0.3 is 15.1 Å². The first-order valence-corrected chi connectivity index (χ1v) is 6.03. The van der Waals surface area contributed by atoms with Gasteiger partial charge in [-0.2, -0.15) is 0 Å². The van der Waals surface area contributed by atoms with Gasteiger partial charge in [0.1, 0.15) is 18.2 Å². The highest BCUT2D eigenvalue weighted by Crippen LogP contribution is 2.10. The average molecular weight is 263 g/mol. The molecule has 0 atom stereocenters. The highest BCUT2D eigenvalue weighted by atomic mass is 16.2. The van der Waals surface area contributed by atoms with E-state index in [1.54, 1.807) is 14.1 Å². The van der Waals surface area contributed by atoms with Crippen LogP contribution in [0.25, 0.3) is 0 Å². The molecule has 7 heteroatoms. The normalized spacial score (nSPS) is 15.9. The molecule has 2 rings (SSSR count). The average Bonchev–Trinajstić information content (AvgIpc) is 2.35. The Morgan fingerprint density at radius 1 is 1.26 bits per heavy atom. The van der Waals surface area contributed by atoms with Crippen LogP contribution in [0, 0.1) is 6.92 Å². The highest BCUT2D eigenvalue weighted by Gasteiger charge is 2.28. The molecule has 0 unspecified atom stereocenters. The molecule has 2 amide bonds. The van der Waals surface area contributed by atoms with Gasteiger partial charge in [-0.3, -0.25) is 9.59 Å². The van der Waals surface area contributed by atoms with Crippen molar-refractivity contribution < 1.29 is 9.59 Å². The number of aryl methyl sites for hydroxylation is 1. The quantitative estimate of drug-likeness (QED) is 0.805. The minimum atomic E-state index is -0.0850. The first kappa shape index (κ1) is 13.3. The monoisotopic (exact) mass is 263 g/mol. The fraction of sp³-hybridized carbons (Fsp3) is 0.500. The number of piperazine rings is 1. The van der Waals surface area contributed by atoms with E-state index in [4.69, 9.17) is 0 Å². The van der Waals surface area contributed by atoms with Crippen LogP contribution >= 0.6 is 0 Å². The Kier molecular flexibility index (Phi) is 3.64. The maximum absolute atomic E-state index is 11.9. The van der Waals surface area contributed by atoms with Crippen molar-refractivity contribution in [3.63, 3.8) is 0 Å². The second kappa shape index (κ2) is 5.21. The highest BCUT2D eigenvalue weighted by molar-refractivity contribution is 5.92. The van der Waals surface area contributed by atoms with Gasteiger partial charge >= 0.3 is 0 Å². The number of carbonyl (C=O) groups excluding carboxylic acids is 2. The summed E-state index contributed by atoms with van der Waals surface area (Å²) in [5, 5.41) is 2.94. The van der Waals surface area contributed by atoms with Crippen LogP contribution in [0.2, 0.25) is 0 Å². The second-order valence-corrected chi connectivity index (χ2v) is 4.56. The lowest BCUT2D eigenvalue weighted by molar-refractivity contribution is -0.149. The molecular weight excluding hydrogens is 246 g/mol. The Morgan fingerprint density at radius 3 is 2.68 bits per heavy atom. The van der Waals surface area contributed by atoms with E-state index in [2.05, 4.69) is 15.3 Å². The minimum Gasteiger partial charge on any atom is -0.373 e. The van der Waals surface area contributed by atoms with E-state index < -0.39 is 0 Å². The summed E-state index contributed by atoms with van der Waals surface area (Å²) < 4.78 is 0. The molecule has 0 saturated carbocycles. The number of rotatable bonds is 3. The Hall–Kier alpha value is -2.18. The maximum atomic E-state index is 11.9. The first-order chi connectivity index (χ1) is 8.99. The van der Waals surface area contributed by atoms with E-state index in [1.807, 2.05) is 13.0 Å². The van der Waals surface area contributed by atoms with E-state index in [0.29, 0.717) is 11.6 Å². The van der Waals surface area contributed by atoms with Crippen LogP contribution in [-0.2, 0) is 16.1 Å². The number of hydrogen-bond acceptors (Lipinski definition) is 5. The molecule has 1 aromatic rings. The number of likely N-dealkylation sites (N-methyl/N-ethyl adjacent to an activating group) is 1. The summed E-state index contributed by atoms with van der Waals surface area (Å²) in [6.07, 6.45) is 0. The van der Waals surface area contributed by atoms with Crippen molar-refractivity contribution in [2.75, 3.05) is 32.5 Å². The molecule has 0 aromatic carbocycles. The molecule has 19 heavy (non-hydrogen) atoms. The van der Waals surface area contributed by atoms with Crippen LogP contribution in [0.15, 0.2) is 6.07 Å². The van der Waals surface area contributed by atoms with Crippen molar-refractivity contribution in [3.8, 4) is 0 Å². The fourth-order valence-electron chi connectivity index (χ4n) is 1.91. The summed E-state index contributed by atoms with van der Waals surface area (Å²) in [6, 6.07) is 1.82. The zero-order valence-electron chi connectivity index (χ0n) is 11.3. The molecule has 1 aliphatic heterocycles. The van der Waals surface area contributed by atoms with Crippen LogP contribution in [0.5, 0.6) is 0 Å². The van der Waals surface area contributed by atoms with Gasteiger partial charge in [-0.25, -0.2) is 9.97 Å². The molecule has 0 spiro atoms. The van der Waals surface area contributed by atoms with Gasteiger partial charge in [0.05, 0.1) is 13.1 Å². The van der Waals surface area contributed by atoms with Gasteiger partial charge in [0.2, 0.25) is 11.8 Å². The van der Waals surface area contributed by atoms with E-state index in [9.17, 15) is 9.59 Å². The standard InChI is InChI=1S/C12H17N5O2/c1-8-4-9(13-2)15-10(14-8)5-17-7-11(18)16(3)6-12(17)19/h4H,5-7H2,1-3H3,(H,13,14,15). The zero-order chi connectivity index (χ0) is 14.0. The molecule has 2 heterocycles. The lowest BCUT2D eigenvalue weighted by Gasteiger charge is -2.31. The topological polar surface area (TPSA) is 78.4 Å². The smallest absolute Gasteiger partial charge is 0.243 e. The summed E-state index contributed by atoms with van der Waals surface area (Å²) in [5.74, 6) is 1.09. The van der Waals surface area contributed by atoms with Gasteiger partial charge in [-0.05, 0) is 6.92 Å². The number of nitrogens with zero attached hydrogens (tertiary/aromatic N) is 4. The molecule has 0 bridgehead atoms. The van der Waals surface area contributed by atoms with Crippen LogP contribution in [-0.4, -0.2) is 58.8 Å². The first-order valence-electron chi connectivity index (χ1n) is 6.03. The van der Waals surface area contributed by atoms with Crippen molar-refractivity contribution in [1.82, 2.24) is 19.8 Å². The third-order valence-electron chi connectivity index (χ3n) is 2.97. The van der Waals surface area contributed by atoms with Crippen molar-refractivity contribution in [2.24, 2.45) is 0 Å². The molecule has 7 nitrogen and oxygen atoms in total. The fourth-order valence-corrected chi connectivity index (χ4v) is 1.91. The lowest BCUT2D eigenvalue weighted by atomic mass is 10.3. The lowest BCUT2D eigenvalue weighted by Crippen LogP contribution is -2.51. The predicted molar refractivity (Wildman–Crippen MR) is 69.4 cm³/mol. The summed E-state index contributed by atoms with van der Waals surface area (Å²) in [6.45, 7) is 2.32. The SMILES string of the molecule is CNc1cc(C)nc(CN2CC(=O)N(C)CC2=O)n1. The van der Waals surface area contributed by atoms with E-state index in [0.717, 1.165) is 5.69 Å². The number of amides is 2. The zero-order valence-corrected chi connectivity index (χ0v) is 11.3. The molecule has 1 aliphatic rings. The van der Waals surface area contributed by atoms with Gasteiger partial charge in [-0.15, -0.1) is 0 Å². The number of aromatic nitrogens is 2. The number of hydrogen-bond donors (Lipinski definition) is 1. The molecule has 0 aliphatic carbocycles. The molecule has 1 N–H and O–H groups in total. The number of carbonyl (C=O) groups is 2. The Morgan fingerprint density at radius 2 is 2.00 bits per heavy atom. The van der Waals surface area contributed by atoms with Crippen LogP contribution in [0.4, 0.5) is 5.82 Å². The molecule has 102 valence electrons. The summed E-state index contributed by atoms with van der Waals surface area (Å²) >= 11 is 0. The molecule has 1 aromatic heterocycles.